The first kappa shape index (κ1) is 12.9. The average Bonchev–Trinajstić information content (AvgIpc) is 2.37. The van der Waals surface area contributed by atoms with Crippen molar-refractivity contribution >= 4 is 35.0 Å². The van der Waals surface area contributed by atoms with Gasteiger partial charge in [0.05, 0.1) is 10.9 Å². The summed E-state index contributed by atoms with van der Waals surface area (Å²) in [5.74, 6) is -0.432. The number of thioether (sulfide) groups is 1. The molecule has 0 saturated heterocycles. The fourth-order valence-electron chi connectivity index (χ4n) is 1.66. The summed E-state index contributed by atoms with van der Waals surface area (Å²) >= 11 is 1.49. The maximum atomic E-state index is 11.6. The highest BCUT2D eigenvalue weighted by Crippen LogP contribution is 2.37. The molecule has 0 saturated carbocycles. The number of fused-ring (bicyclic) bond motifs is 1. The Balaban J connectivity index is 2.30. The van der Waals surface area contributed by atoms with Crippen LogP contribution in [0.4, 0.5) is 11.4 Å². The maximum Gasteiger partial charge on any atom is 0.252 e. The molecule has 1 aromatic rings. The van der Waals surface area contributed by atoms with Gasteiger partial charge in [0.25, 0.3) is 5.91 Å². The second-order valence-electron chi connectivity index (χ2n) is 4.04. The molecule has 1 heterocycles. The quantitative estimate of drug-likeness (QED) is 0.840. The molecule has 2 amide bonds. The van der Waals surface area contributed by atoms with Gasteiger partial charge in [0.15, 0.2) is 0 Å². The number of carbonyl (C=O) groups excluding carboxylic acids is 2. The van der Waals surface area contributed by atoms with Crippen LogP contribution in [-0.2, 0) is 9.59 Å². The standard InChI is InChI=1S/C12H14N2O3S/c1-7-12(17)13-9-5-8(3-4-10(9)18-7)14(2)11(16)6-15/h3-5,7,15H,6H2,1-2H3,(H,13,17). The van der Waals surface area contributed by atoms with Crippen LogP contribution in [0.5, 0.6) is 0 Å². The molecule has 1 unspecified atom stereocenters. The summed E-state index contributed by atoms with van der Waals surface area (Å²) < 4.78 is 0. The fraction of sp³-hybridized carbons (Fsp3) is 0.333. The van der Waals surface area contributed by atoms with E-state index in [-0.39, 0.29) is 11.2 Å². The molecular formula is C12H14N2O3S. The first-order chi connectivity index (χ1) is 8.52. The van der Waals surface area contributed by atoms with Crippen molar-refractivity contribution in [1.29, 1.82) is 0 Å². The number of aliphatic hydroxyl groups excluding tert-OH is 1. The lowest BCUT2D eigenvalue weighted by Crippen LogP contribution is -2.30. The van der Waals surface area contributed by atoms with Crippen LogP contribution >= 0.6 is 11.8 Å². The van der Waals surface area contributed by atoms with Crippen molar-refractivity contribution in [3.8, 4) is 0 Å². The Morgan fingerprint density at radius 1 is 1.56 bits per heavy atom. The number of amides is 2. The van der Waals surface area contributed by atoms with E-state index >= 15 is 0 Å². The first-order valence-corrected chi connectivity index (χ1v) is 6.40. The highest BCUT2D eigenvalue weighted by atomic mass is 32.2. The molecule has 2 rings (SSSR count). The molecule has 0 radical (unpaired) electrons. The van der Waals surface area contributed by atoms with E-state index in [1.165, 1.54) is 16.7 Å². The third kappa shape index (κ3) is 2.34. The number of hydrogen-bond acceptors (Lipinski definition) is 4. The molecule has 1 aliphatic rings. The molecule has 0 bridgehead atoms. The van der Waals surface area contributed by atoms with E-state index in [4.69, 9.17) is 5.11 Å². The van der Waals surface area contributed by atoms with Gasteiger partial charge in [-0.25, -0.2) is 0 Å². The van der Waals surface area contributed by atoms with E-state index < -0.39 is 12.5 Å². The van der Waals surface area contributed by atoms with Gasteiger partial charge < -0.3 is 15.3 Å². The molecule has 1 aliphatic heterocycles. The lowest BCUT2D eigenvalue weighted by Gasteiger charge is -2.24. The zero-order chi connectivity index (χ0) is 13.3. The van der Waals surface area contributed by atoms with Crippen molar-refractivity contribution in [2.24, 2.45) is 0 Å². The second-order valence-corrected chi connectivity index (χ2v) is 5.42. The molecule has 1 aromatic carbocycles. The highest BCUT2D eigenvalue weighted by Gasteiger charge is 2.23. The van der Waals surface area contributed by atoms with Gasteiger partial charge in [-0.05, 0) is 25.1 Å². The molecule has 96 valence electrons. The zero-order valence-electron chi connectivity index (χ0n) is 10.1. The zero-order valence-corrected chi connectivity index (χ0v) is 11.0. The molecule has 0 spiro atoms. The van der Waals surface area contributed by atoms with E-state index in [9.17, 15) is 9.59 Å². The predicted octanol–water partition coefficient (Wildman–Crippen LogP) is 1.07. The summed E-state index contributed by atoms with van der Waals surface area (Å²) in [5, 5.41) is 11.5. The smallest absolute Gasteiger partial charge is 0.252 e. The van der Waals surface area contributed by atoms with Gasteiger partial charge in [0.2, 0.25) is 5.91 Å². The summed E-state index contributed by atoms with van der Waals surface area (Å²) in [6, 6.07) is 5.40. The number of anilines is 2. The van der Waals surface area contributed by atoms with Crippen LogP contribution in [0.1, 0.15) is 6.92 Å². The first-order valence-electron chi connectivity index (χ1n) is 5.52. The van der Waals surface area contributed by atoms with Crippen molar-refractivity contribution in [3.05, 3.63) is 18.2 Å². The van der Waals surface area contributed by atoms with Crippen molar-refractivity contribution in [1.82, 2.24) is 0 Å². The fourth-order valence-corrected chi connectivity index (χ4v) is 2.59. The number of nitrogens with zero attached hydrogens (tertiary/aromatic N) is 1. The lowest BCUT2D eigenvalue weighted by atomic mass is 10.2. The lowest BCUT2D eigenvalue weighted by molar-refractivity contribution is -0.121. The minimum Gasteiger partial charge on any atom is -0.387 e. The molecular weight excluding hydrogens is 252 g/mol. The second kappa shape index (κ2) is 4.99. The van der Waals surface area contributed by atoms with Crippen LogP contribution in [0.3, 0.4) is 0 Å². The molecule has 0 aliphatic carbocycles. The van der Waals surface area contributed by atoms with Gasteiger partial charge in [-0.1, -0.05) is 0 Å². The number of nitrogens with one attached hydrogen (secondary N) is 1. The van der Waals surface area contributed by atoms with Crippen molar-refractivity contribution in [2.45, 2.75) is 17.1 Å². The van der Waals surface area contributed by atoms with E-state index in [0.717, 1.165) is 4.90 Å². The molecule has 0 fully saturated rings. The van der Waals surface area contributed by atoms with Crippen LogP contribution < -0.4 is 10.2 Å². The van der Waals surface area contributed by atoms with Gasteiger partial charge in [-0.2, -0.15) is 0 Å². The molecule has 5 nitrogen and oxygen atoms in total. The average molecular weight is 266 g/mol. The van der Waals surface area contributed by atoms with Gasteiger partial charge in [-0.3, -0.25) is 9.59 Å². The number of hydrogen-bond donors (Lipinski definition) is 2. The monoisotopic (exact) mass is 266 g/mol. The van der Waals surface area contributed by atoms with Crippen molar-refractivity contribution < 1.29 is 14.7 Å². The minimum atomic E-state index is -0.536. The van der Waals surface area contributed by atoms with Gasteiger partial charge >= 0.3 is 0 Å². The third-order valence-corrected chi connectivity index (χ3v) is 3.97. The summed E-state index contributed by atoms with van der Waals surface area (Å²) in [7, 11) is 1.58. The molecule has 6 heteroatoms. The van der Waals surface area contributed by atoms with Crippen LogP contribution in [0.15, 0.2) is 23.1 Å². The summed E-state index contributed by atoms with van der Waals surface area (Å²) in [6.45, 7) is 1.31. The van der Waals surface area contributed by atoms with Crippen LogP contribution in [-0.4, -0.2) is 35.8 Å². The van der Waals surface area contributed by atoms with E-state index in [1.54, 1.807) is 19.2 Å². The van der Waals surface area contributed by atoms with E-state index in [1.807, 2.05) is 13.0 Å². The van der Waals surface area contributed by atoms with Crippen LogP contribution in [0.2, 0.25) is 0 Å². The number of rotatable bonds is 2. The Morgan fingerprint density at radius 2 is 2.28 bits per heavy atom. The van der Waals surface area contributed by atoms with E-state index in [2.05, 4.69) is 5.32 Å². The van der Waals surface area contributed by atoms with Crippen molar-refractivity contribution in [2.75, 3.05) is 23.9 Å². The summed E-state index contributed by atoms with van der Waals surface area (Å²) in [6.07, 6.45) is 0. The molecule has 0 aromatic heterocycles. The normalized spacial score (nSPS) is 17.9. The highest BCUT2D eigenvalue weighted by molar-refractivity contribution is 8.00. The predicted molar refractivity (Wildman–Crippen MR) is 70.9 cm³/mol. The van der Waals surface area contributed by atoms with Gasteiger partial charge in [0, 0.05) is 17.6 Å². The number of likely N-dealkylation sites (N-methyl/N-ethyl adjacent to an activating group) is 1. The van der Waals surface area contributed by atoms with E-state index in [0.29, 0.717) is 11.4 Å². The number of carbonyl (C=O) groups is 2. The number of aliphatic hydroxyl groups is 1. The number of benzene rings is 1. The Labute approximate surface area is 109 Å². The SMILES string of the molecule is CC1Sc2ccc(N(C)C(=O)CO)cc2NC1=O. The maximum absolute atomic E-state index is 11.6. The molecule has 18 heavy (non-hydrogen) atoms. The van der Waals surface area contributed by atoms with Gasteiger partial charge in [-0.15, -0.1) is 11.8 Å². The minimum absolute atomic E-state index is 0.0409. The molecule has 2 N–H and O–H groups in total. The topological polar surface area (TPSA) is 69.6 Å². The summed E-state index contributed by atoms with van der Waals surface area (Å²) in [4.78, 5) is 25.3. The Morgan fingerprint density at radius 3 is 2.94 bits per heavy atom. The Kier molecular flexibility index (Phi) is 3.58. The molecule has 1 atom stereocenters. The van der Waals surface area contributed by atoms with Crippen LogP contribution in [0, 0.1) is 0 Å². The van der Waals surface area contributed by atoms with Crippen LogP contribution in [0.25, 0.3) is 0 Å². The third-order valence-electron chi connectivity index (χ3n) is 2.79. The van der Waals surface area contributed by atoms with Crippen molar-refractivity contribution in [3.63, 3.8) is 0 Å². The largest absolute Gasteiger partial charge is 0.387 e. The summed E-state index contributed by atoms with van der Waals surface area (Å²) in [5.41, 5.74) is 1.35. The Hall–Kier alpha value is -1.53. The van der Waals surface area contributed by atoms with Gasteiger partial charge in [0.1, 0.15) is 6.61 Å². The Bertz CT molecular complexity index is 504.